The monoisotopic (exact) mass is 419 g/mol. The second kappa shape index (κ2) is 8.76. The molecule has 1 amide bonds. The van der Waals surface area contributed by atoms with Gasteiger partial charge in [0, 0.05) is 16.3 Å². The Labute approximate surface area is 178 Å². The molecule has 2 aromatic heterocycles. The van der Waals surface area contributed by atoms with Crippen LogP contribution in [-0.2, 0) is 4.79 Å². The van der Waals surface area contributed by atoms with Gasteiger partial charge in [-0.05, 0) is 31.0 Å². The van der Waals surface area contributed by atoms with Gasteiger partial charge in [0.05, 0.1) is 21.5 Å². The van der Waals surface area contributed by atoms with E-state index in [-0.39, 0.29) is 11.2 Å². The molecule has 2 heterocycles. The van der Waals surface area contributed by atoms with Crippen LogP contribution in [0.1, 0.15) is 18.9 Å². The Bertz CT molecular complexity index is 1140. The van der Waals surface area contributed by atoms with Crippen molar-refractivity contribution in [3.8, 4) is 11.3 Å². The molecule has 1 unspecified atom stereocenters. The first-order valence-electron chi connectivity index (χ1n) is 9.49. The second-order valence-corrected chi connectivity index (χ2v) is 8.78. The zero-order valence-corrected chi connectivity index (χ0v) is 17.9. The van der Waals surface area contributed by atoms with Crippen molar-refractivity contribution in [3.63, 3.8) is 0 Å². The number of fused-ring (bicyclic) bond motifs is 1. The van der Waals surface area contributed by atoms with E-state index in [2.05, 4.69) is 29.4 Å². The molecule has 4 nitrogen and oxygen atoms in total. The van der Waals surface area contributed by atoms with Gasteiger partial charge in [-0.3, -0.25) is 4.79 Å². The standard InChI is InChI=1S/C23H21N3OS2/c1-3-20(29-21-13-15(2)17-11-7-8-12-18(17)24-21)22(27)26-23-25-19(14-28-23)16-9-5-4-6-10-16/h4-14,20H,3H2,1-2H3,(H,25,26,27). The number of anilines is 1. The summed E-state index contributed by atoms with van der Waals surface area (Å²) in [6.07, 6.45) is 0.709. The highest BCUT2D eigenvalue weighted by Gasteiger charge is 2.20. The highest BCUT2D eigenvalue weighted by atomic mass is 32.2. The predicted octanol–water partition coefficient (Wildman–Crippen LogP) is 6.18. The van der Waals surface area contributed by atoms with E-state index >= 15 is 0 Å². The summed E-state index contributed by atoms with van der Waals surface area (Å²) in [5.74, 6) is -0.0425. The minimum absolute atomic E-state index is 0.0425. The summed E-state index contributed by atoms with van der Waals surface area (Å²) in [4.78, 5) is 22.1. The number of para-hydroxylation sites is 1. The van der Waals surface area contributed by atoms with Crippen LogP contribution in [0.25, 0.3) is 22.2 Å². The first-order chi connectivity index (χ1) is 14.1. The molecule has 0 radical (unpaired) electrons. The van der Waals surface area contributed by atoms with Gasteiger partial charge < -0.3 is 5.32 Å². The molecule has 1 N–H and O–H groups in total. The van der Waals surface area contributed by atoms with E-state index in [0.717, 1.165) is 27.2 Å². The maximum Gasteiger partial charge on any atom is 0.239 e. The SMILES string of the molecule is CCC(Sc1cc(C)c2ccccc2n1)C(=O)Nc1nc(-c2ccccc2)cs1. The Hall–Kier alpha value is -2.70. The summed E-state index contributed by atoms with van der Waals surface area (Å²) < 4.78 is 0. The number of pyridine rings is 1. The van der Waals surface area contributed by atoms with Crippen LogP contribution in [0.2, 0.25) is 0 Å². The first-order valence-corrected chi connectivity index (χ1v) is 11.2. The topological polar surface area (TPSA) is 54.9 Å². The summed E-state index contributed by atoms with van der Waals surface area (Å²) in [6, 6.07) is 20.1. The second-order valence-electron chi connectivity index (χ2n) is 6.70. The number of carbonyl (C=O) groups excluding carboxylic acids is 1. The van der Waals surface area contributed by atoms with E-state index in [0.29, 0.717) is 11.6 Å². The van der Waals surface area contributed by atoms with Gasteiger partial charge in [-0.2, -0.15) is 0 Å². The van der Waals surface area contributed by atoms with Crippen LogP contribution < -0.4 is 5.32 Å². The fourth-order valence-corrected chi connectivity index (χ4v) is 4.85. The number of amides is 1. The highest BCUT2D eigenvalue weighted by Crippen LogP contribution is 2.30. The van der Waals surface area contributed by atoms with Crippen molar-refractivity contribution in [2.24, 2.45) is 0 Å². The van der Waals surface area contributed by atoms with Crippen LogP contribution in [-0.4, -0.2) is 21.1 Å². The molecule has 4 aromatic rings. The number of hydrogen-bond donors (Lipinski definition) is 1. The molecule has 4 rings (SSSR count). The van der Waals surface area contributed by atoms with Crippen molar-refractivity contribution in [1.82, 2.24) is 9.97 Å². The number of nitrogens with zero attached hydrogens (tertiary/aromatic N) is 2. The van der Waals surface area contributed by atoms with E-state index in [9.17, 15) is 4.79 Å². The fraction of sp³-hybridized carbons (Fsp3) is 0.174. The van der Waals surface area contributed by atoms with Crippen molar-refractivity contribution < 1.29 is 4.79 Å². The van der Waals surface area contributed by atoms with Crippen molar-refractivity contribution in [3.05, 3.63) is 71.6 Å². The lowest BCUT2D eigenvalue weighted by Crippen LogP contribution is -2.24. The number of nitrogens with one attached hydrogen (secondary N) is 1. The lowest BCUT2D eigenvalue weighted by Gasteiger charge is -2.14. The van der Waals surface area contributed by atoms with Crippen molar-refractivity contribution in [1.29, 1.82) is 0 Å². The van der Waals surface area contributed by atoms with Crippen LogP contribution >= 0.6 is 23.1 Å². The minimum atomic E-state index is -0.230. The number of thioether (sulfide) groups is 1. The molecule has 1 atom stereocenters. The average molecular weight is 420 g/mol. The summed E-state index contributed by atoms with van der Waals surface area (Å²) in [5, 5.41) is 7.34. The number of thiazole rings is 1. The average Bonchev–Trinajstić information content (AvgIpc) is 3.21. The molecule has 0 bridgehead atoms. The van der Waals surface area contributed by atoms with E-state index in [1.165, 1.54) is 28.7 Å². The van der Waals surface area contributed by atoms with Gasteiger partial charge in [0.15, 0.2) is 5.13 Å². The third-order valence-corrected chi connectivity index (χ3v) is 6.67. The summed E-state index contributed by atoms with van der Waals surface area (Å²) in [6.45, 7) is 4.10. The number of hydrogen-bond acceptors (Lipinski definition) is 5. The van der Waals surface area contributed by atoms with Gasteiger partial charge >= 0.3 is 0 Å². The van der Waals surface area contributed by atoms with Crippen LogP contribution in [0.5, 0.6) is 0 Å². The first kappa shape index (κ1) is 19.6. The zero-order valence-electron chi connectivity index (χ0n) is 16.3. The van der Waals surface area contributed by atoms with Crippen molar-refractivity contribution >= 4 is 45.0 Å². The molecular weight excluding hydrogens is 398 g/mol. The molecule has 2 aromatic carbocycles. The lowest BCUT2D eigenvalue weighted by molar-refractivity contribution is -0.115. The van der Waals surface area contributed by atoms with Crippen LogP contribution in [0.3, 0.4) is 0 Å². The Kier molecular flexibility index (Phi) is 5.92. The van der Waals surface area contributed by atoms with E-state index in [1.54, 1.807) is 0 Å². The van der Waals surface area contributed by atoms with E-state index < -0.39 is 0 Å². The lowest BCUT2D eigenvalue weighted by atomic mass is 10.1. The van der Waals surface area contributed by atoms with Gasteiger partial charge in [-0.15, -0.1) is 11.3 Å². The van der Waals surface area contributed by atoms with Crippen LogP contribution in [0, 0.1) is 6.92 Å². The Morgan fingerprint density at radius 2 is 1.86 bits per heavy atom. The Balaban J connectivity index is 1.48. The number of benzene rings is 2. The summed E-state index contributed by atoms with van der Waals surface area (Å²) in [5.41, 5.74) is 4.04. The van der Waals surface area contributed by atoms with Gasteiger partial charge in [-0.1, -0.05) is 67.2 Å². The van der Waals surface area contributed by atoms with Crippen LogP contribution in [0.15, 0.2) is 71.1 Å². The quantitative estimate of drug-likeness (QED) is 0.379. The third-order valence-electron chi connectivity index (χ3n) is 4.63. The molecule has 0 fully saturated rings. The molecule has 0 aliphatic rings. The fourth-order valence-electron chi connectivity index (χ4n) is 3.11. The van der Waals surface area contributed by atoms with Gasteiger partial charge in [0.2, 0.25) is 5.91 Å². The number of carbonyl (C=O) groups is 1. The van der Waals surface area contributed by atoms with E-state index in [4.69, 9.17) is 4.98 Å². The molecule has 0 aliphatic heterocycles. The molecule has 6 heteroatoms. The largest absolute Gasteiger partial charge is 0.301 e. The number of rotatable bonds is 6. The summed E-state index contributed by atoms with van der Waals surface area (Å²) in [7, 11) is 0. The number of aromatic nitrogens is 2. The van der Waals surface area contributed by atoms with Crippen LogP contribution in [0.4, 0.5) is 5.13 Å². The molecule has 146 valence electrons. The van der Waals surface area contributed by atoms with Gasteiger partial charge in [-0.25, -0.2) is 9.97 Å². The zero-order chi connectivity index (χ0) is 20.2. The number of aryl methyl sites for hydroxylation is 1. The Morgan fingerprint density at radius 3 is 2.66 bits per heavy atom. The summed E-state index contributed by atoms with van der Waals surface area (Å²) >= 11 is 2.95. The molecule has 0 aliphatic carbocycles. The van der Waals surface area contributed by atoms with E-state index in [1.807, 2.05) is 60.8 Å². The molecular formula is C23H21N3OS2. The smallest absolute Gasteiger partial charge is 0.239 e. The Morgan fingerprint density at radius 1 is 1.10 bits per heavy atom. The molecule has 29 heavy (non-hydrogen) atoms. The highest BCUT2D eigenvalue weighted by molar-refractivity contribution is 8.00. The normalized spacial score (nSPS) is 12.1. The van der Waals surface area contributed by atoms with Gasteiger partial charge in [0.25, 0.3) is 0 Å². The van der Waals surface area contributed by atoms with Gasteiger partial charge in [0.1, 0.15) is 0 Å². The molecule has 0 saturated heterocycles. The molecule has 0 saturated carbocycles. The maximum atomic E-state index is 12.8. The minimum Gasteiger partial charge on any atom is -0.301 e. The van der Waals surface area contributed by atoms with Crippen molar-refractivity contribution in [2.45, 2.75) is 30.5 Å². The third kappa shape index (κ3) is 4.49. The molecule has 0 spiro atoms. The van der Waals surface area contributed by atoms with Crippen molar-refractivity contribution in [2.75, 3.05) is 5.32 Å². The predicted molar refractivity (Wildman–Crippen MR) is 123 cm³/mol. The maximum absolute atomic E-state index is 12.8.